The predicted octanol–water partition coefficient (Wildman–Crippen LogP) is 3.69. The second kappa shape index (κ2) is 9.77. The molecule has 0 atom stereocenters. The lowest BCUT2D eigenvalue weighted by atomic mass is 10.2. The molecule has 0 fully saturated rings. The fourth-order valence-electron chi connectivity index (χ4n) is 2.24. The molecule has 3 rings (SSSR count). The van der Waals surface area contributed by atoms with Gasteiger partial charge in [-0.2, -0.15) is 23.4 Å². The van der Waals surface area contributed by atoms with Crippen LogP contribution in [0.5, 0.6) is 11.8 Å². The molecule has 2 aromatic carbocycles. The molecule has 2 amide bonds. The third-order valence-electron chi connectivity index (χ3n) is 3.46. The highest BCUT2D eigenvalue weighted by atomic mass is 35.5. The number of carbonyl (C=O) groups excluding carboxylic acids is 1. The number of hydrogen-bond acceptors (Lipinski definition) is 8. The maximum Gasteiger partial charge on any atom is 0.411 e. The number of nitrogens with one attached hydrogen (secondary N) is 2. The van der Waals surface area contributed by atoms with Crippen molar-refractivity contribution in [2.45, 2.75) is 6.92 Å². The van der Waals surface area contributed by atoms with Crippen LogP contribution in [0.15, 0.2) is 48.5 Å². The number of hydrogen-bond donors (Lipinski definition) is 2. The van der Waals surface area contributed by atoms with Crippen molar-refractivity contribution in [3.63, 3.8) is 0 Å². The van der Waals surface area contributed by atoms with Gasteiger partial charge in [-0.3, -0.25) is 5.32 Å². The van der Waals surface area contributed by atoms with Gasteiger partial charge < -0.3 is 8.92 Å². The van der Waals surface area contributed by atoms with Crippen LogP contribution in [0.2, 0.25) is 10.0 Å². The van der Waals surface area contributed by atoms with Gasteiger partial charge in [-0.25, -0.2) is 9.52 Å². The fourth-order valence-corrected chi connectivity index (χ4v) is 3.44. The summed E-state index contributed by atoms with van der Waals surface area (Å²) in [6.07, 6.45) is 0. The number of carbonyl (C=O) groups is 1. The van der Waals surface area contributed by atoms with Gasteiger partial charge in [0.2, 0.25) is 5.95 Å². The summed E-state index contributed by atoms with van der Waals surface area (Å²) in [6, 6.07) is 11.6. The molecule has 1 aromatic heterocycles. The molecule has 162 valence electrons. The van der Waals surface area contributed by atoms with Crippen LogP contribution in [-0.2, 0) is 10.3 Å². The topological polar surface area (TPSA) is 132 Å². The van der Waals surface area contributed by atoms with E-state index in [1.807, 2.05) is 6.07 Å². The summed E-state index contributed by atoms with van der Waals surface area (Å²) in [5.41, 5.74) is 0.641. The molecule has 10 nitrogen and oxygen atoms in total. The van der Waals surface area contributed by atoms with Crippen LogP contribution >= 0.6 is 23.2 Å². The van der Waals surface area contributed by atoms with Crippen LogP contribution < -0.4 is 19.0 Å². The van der Waals surface area contributed by atoms with Gasteiger partial charge in [0.1, 0.15) is 0 Å². The highest BCUT2D eigenvalue weighted by molar-refractivity contribution is 7.85. The summed E-state index contributed by atoms with van der Waals surface area (Å²) in [5.74, 6) is -0.215. The highest BCUT2D eigenvalue weighted by Gasteiger charge is 2.20. The van der Waals surface area contributed by atoms with Crippen LogP contribution in [0.25, 0.3) is 11.4 Å². The standard InChI is InChI=1S/C18H15Cl2N5O5S/c1-2-29-18-22-15(11-6-4-3-5-7-11)21-16(24-18)23-17(26)25-31(27,28)30-14-9-8-12(19)10-13(14)20/h3-10H,2H2,1H3,(H2,21,22,23,24,25,26). The molecule has 0 saturated carbocycles. The van der Waals surface area contributed by atoms with Gasteiger partial charge in [-0.1, -0.05) is 53.5 Å². The Balaban J connectivity index is 1.76. The van der Waals surface area contributed by atoms with Crippen molar-refractivity contribution < 1.29 is 22.1 Å². The zero-order chi connectivity index (χ0) is 22.4. The molecule has 0 aliphatic heterocycles. The summed E-state index contributed by atoms with van der Waals surface area (Å²) in [4.78, 5) is 24.4. The van der Waals surface area contributed by atoms with E-state index in [4.69, 9.17) is 32.1 Å². The SMILES string of the molecule is CCOc1nc(NC(=O)NS(=O)(=O)Oc2ccc(Cl)cc2Cl)nc(-c2ccccc2)n1. The largest absolute Gasteiger partial charge is 0.464 e. The number of ether oxygens (including phenoxy) is 1. The quantitative estimate of drug-likeness (QED) is 0.519. The van der Waals surface area contributed by atoms with Crippen LogP contribution in [0.4, 0.5) is 10.7 Å². The average molecular weight is 484 g/mol. The van der Waals surface area contributed by atoms with E-state index in [-0.39, 0.29) is 40.2 Å². The smallest absolute Gasteiger partial charge is 0.411 e. The normalized spacial score (nSPS) is 10.9. The Morgan fingerprint density at radius 2 is 1.81 bits per heavy atom. The van der Waals surface area contributed by atoms with Gasteiger partial charge >= 0.3 is 22.3 Å². The molecule has 0 saturated heterocycles. The minimum atomic E-state index is -4.56. The van der Waals surface area contributed by atoms with Gasteiger partial charge in [0.05, 0.1) is 11.6 Å². The Hall–Kier alpha value is -3.15. The minimum absolute atomic E-state index is 0.0429. The minimum Gasteiger partial charge on any atom is -0.464 e. The molecule has 1 heterocycles. The second-order valence-corrected chi connectivity index (χ2v) is 7.86. The molecular formula is C18H15Cl2N5O5S. The first kappa shape index (κ1) is 22.5. The van der Waals surface area contributed by atoms with Crippen molar-refractivity contribution in [2.24, 2.45) is 0 Å². The molecule has 3 aromatic rings. The third kappa shape index (κ3) is 6.41. The maximum absolute atomic E-state index is 12.2. The number of anilines is 1. The number of nitrogens with zero attached hydrogens (tertiary/aromatic N) is 3. The van der Waals surface area contributed by atoms with E-state index in [2.05, 4.69) is 20.3 Å². The Morgan fingerprint density at radius 1 is 1.06 bits per heavy atom. The van der Waals surface area contributed by atoms with E-state index < -0.39 is 16.3 Å². The zero-order valence-electron chi connectivity index (χ0n) is 15.9. The predicted molar refractivity (Wildman–Crippen MR) is 115 cm³/mol. The molecule has 0 spiro atoms. The summed E-state index contributed by atoms with van der Waals surface area (Å²) in [5, 5.41) is 2.45. The second-order valence-electron chi connectivity index (χ2n) is 5.73. The van der Waals surface area contributed by atoms with Gasteiger partial charge in [-0.15, -0.1) is 0 Å². The van der Waals surface area contributed by atoms with E-state index in [0.29, 0.717) is 5.56 Å². The average Bonchev–Trinajstić information content (AvgIpc) is 2.70. The number of halogens is 2. The number of rotatable bonds is 7. The first-order valence-electron chi connectivity index (χ1n) is 8.68. The lowest BCUT2D eigenvalue weighted by molar-refractivity contribution is 0.255. The monoisotopic (exact) mass is 483 g/mol. The molecule has 31 heavy (non-hydrogen) atoms. The van der Waals surface area contributed by atoms with Crippen molar-refractivity contribution in [2.75, 3.05) is 11.9 Å². The lowest BCUT2D eigenvalue weighted by Crippen LogP contribution is -2.37. The summed E-state index contributed by atoms with van der Waals surface area (Å²) in [6.45, 7) is 2.01. The van der Waals surface area contributed by atoms with Gasteiger partial charge in [-0.05, 0) is 25.1 Å². The maximum atomic E-state index is 12.2. The molecule has 0 bridgehead atoms. The molecule has 0 aliphatic rings. The van der Waals surface area contributed by atoms with Crippen LogP contribution in [-0.4, -0.2) is 36.0 Å². The van der Waals surface area contributed by atoms with E-state index in [0.717, 1.165) is 0 Å². The summed E-state index contributed by atoms with van der Waals surface area (Å²) < 4.78 is 36.0. The zero-order valence-corrected chi connectivity index (χ0v) is 18.2. The first-order valence-corrected chi connectivity index (χ1v) is 10.8. The summed E-state index contributed by atoms with van der Waals surface area (Å²) >= 11 is 11.6. The lowest BCUT2D eigenvalue weighted by Gasteiger charge is -2.11. The molecule has 0 unspecified atom stereocenters. The highest BCUT2D eigenvalue weighted by Crippen LogP contribution is 2.28. The Labute approximate surface area is 187 Å². The summed E-state index contributed by atoms with van der Waals surface area (Å²) in [7, 11) is -4.56. The van der Waals surface area contributed by atoms with Gasteiger partial charge in [0, 0.05) is 10.6 Å². The Kier molecular flexibility index (Phi) is 7.10. The first-order chi connectivity index (χ1) is 14.8. The molecular weight excluding hydrogens is 469 g/mol. The van der Waals surface area contributed by atoms with Crippen LogP contribution in [0.1, 0.15) is 6.92 Å². The van der Waals surface area contributed by atoms with Gasteiger partial charge in [0.25, 0.3) is 0 Å². The van der Waals surface area contributed by atoms with E-state index >= 15 is 0 Å². The van der Waals surface area contributed by atoms with Crippen molar-refractivity contribution in [1.82, 2.24) is 19.7 Å². The van der Waals surface area contributed by atoms with E-state index in [1.165, 1.54) is 18.2 Å². The van der Waals surface area contributed by atoms with Crippen LogP contribution in [0, 0.1) is 0 Å². The Bertz CT molecular complexity index is 1200. The van der Waals surface area contributed by atoms with Crippen molar-refractivity contribution >= 4 is 45.5 Å². The number of aromatic nitrogens is 3. The van der Waals surface area contributed by atoms with Gasteiger partial charge in [0.15, 0.2) is 11.6 Å². The van der Waals surface area contributed by atoms with Crippen molar-refractivity contribution in [1.29, 1.82) is 0 Å². The third-order valence-corrected chi connectivity index (χ3v) is 4.82. The Morgan fingerprint density at radius 3 is 2.48 bits per heavy atom. The number of urea groups is 1. The molecule has 13 heteroatoms. The van der Waals surface area contributed by atoms with Crippen molar-refractivity contribution in [3.05, 3.63) is 58.6 Å². The van der Waals surface area contributed by atoms with E-state index in [9.17, 15) is 13.2 Å². The molecule has 0 radical (unpaired) electrons. The fraction of sp³-hybridized carbons (Fsp3) is 0.111. The van der Waals surface area contributed by atoms with Crippen molar-refractivity contribution in [3.8, 4) is 23.1 Å². The number of benzene rings is 2. The van der Waals surface area contributed by atoms with E-state index in [1.54, 1.807) is 35.9 Å². The number of amides is 2. The van der Waals surface area contributed by atoms with Crippen LogP contribution in [0.3, 0.4) is 0 Å². The molecule has 0 aliphatic carbocycles. The molecule has 2 N–H and O–H groups in total.